The van der Waals surface area contributed by atoms with E-state index in [2.05, 4.69) is 15.9 Å². The Hall–Kier alpha value is -0.540. The van der Waals surface area contributed by atoms with E-state index in [1.165, 1.54) is 0 Å². The van der Waals surface area contributed by atoms with Crippen molar-refractivity contribution < 1.29 is 9.84 Å². The Bertz CT molecular complexity index is 213. The van der Waals surface area contributed by atoms with Crippen LogP contribution in [0.25, 0.3) is 0 Å². The molecule has 3 heteroatoms. The van der Waals surface area contributed by atoms with Gasteiger partial charge < -0.3 is 9.84 Å². The summed E-state index contributed by atoms with van der Waals surface area (Å²) in [5.41, 5.74) is 0. The zero-order chi connectivity index (χ0) is 8.81. The van der Waals surface area contributed by atoms with Gasteiger partial charge in [-0.3, -0.25) is 0 Å². The van der Waals surface area contributed by atoms with Crippen molar-refractivity contribution in [2.45, 2.75) is 4.83 Å². The van der Waals surface area contributed by atoms with Gasteiger partial charge in [0.15, 0.2) is 0 Å². The first kappa shape index (κ1) is 9.55. The molecule has 0 heterocycles. The number of hydrogen-bond donors (Lipinski definition) is 1. The van der Waals surface area contributed by atoms with Gasteiger partial charge in [0.2, 0.25) is 0 Å². The SMILES string of the molecule is OCC(Br)COc1ccccc1. The van der Waals surface area contributed by atoms with Gasteiger partial charge in [-0.2, -0.15) is 0 Å². The Morgan fingerprint density at radius 1 is 1.33 bits per heavy atom. The van der Waals surface area contributed by atoms with E-state index in [-0.39, 0.29) is 11.4 Å². The van der Waals surface area contributed by atoms with Crippen LogP contribution in [0.2, 0.25) is 0 Å². The van der Waals surface area contributed by atoms with Crippen LogP contribution in [0.4, 0.5) is 0 Å². The average Bonchev–Trinajstić information content (AvgIpc) is 2.16. The van der Waals surface area contributed by atoms with E-state index < -0.39 is 0 Å². The van der Waals surface area contributed by atoms with Gasteiger partial charge >= 0.3 is 0 Å². The highest BCUT2D eigenvalue weighted by atomic mass is 79.9. The van der Waals surface area contributed by atoms with Gasteiger partial charge in [0.1, 0.15) is 12.4 Å². The van der Waals surface area contributed by atoms with Gasteiger partial charge in [-0.25, -0.2) is 0 Å². The van der Waals surface area contributed by atoms with Gasteiger partial charge in [0, 0.05) is 0 Å². The molecule has 1 atom stereocenters. The summed E-state index contributed by atoms with van der Waals surface area (Å²) in [5.74, 6) is 0.829. The number of ether oxygens (including phenoxy) is 1. The van der Waals surface area contributed by atoms with Crippen LogP contribution in [0, 0.1) is 0 Å². The van der Waals surface area contributed by atoms with Crippen molar-refractivity contribution in [2.75, 3.05) is 13.2 Å². The fraction of sp³-hybridized carbons (Fsp3) is 0.333. The topological polar surface area (TPSA) is 29.5 Å². The van der Waals surface area contributed by atoms with Crippen LogP contribution in [0.5, 0.6) is 5.75 Å². The molecule has 1 aromatic rings. The van der Waals surface area contributed by atoms with Gasteiger partial charge in [-0.1, -0.05) is 34.1 Å². The molecule has 0 bridgehead atoms. The monoisotopic (exact) mass is 230 g/mol. The van der Waals surface area contributed by atoms with Crippen LogP contribution in [0.3, 0.4) is 0 Å². The first-order valence-corrected chi connectivity index (χ1v) is 4.67. The highest BCUT2D eigenvalue weighted by Crippen LogP contribution is 2.10. The fourth-order valence-electron chi connectivity index (χ4n) is 0.756. The second-order valence-corrected chi connectivity index (χ2v) is 3.70. The lowest BCUT2D eigenvalue weighted by Gasteiger charge is -2.08. The fourth-order valence-corrected chi connectivity index (χ4v) is 0.888. The number of alkyl halides is 1. The summed E-state index contributed by atoms with van der Waals surface area (Å²) < 4.78 is 5.35. The summed E-state index contributed by atoms with van der Waals surface area (Å²) >= 11 is 3.26. The number of aliphatic hydroxyl groups excluding tert-OH is 1. The smallest absolute Gasteiger partial charge is 0.119 e. The lowest BCUT2D eigenvalue weighted by atomic mass is 10.3. The molecule has 12 heavy (non-hydrogen) atoms. The predicted octanol–water partition coefficient (Wildman–Crippen LogP) is 1.82. The second kappa shape index (κ2) is 5.17. The van der Waals surface area contributed by atoms with Crippen molar-refractivity contribution in [2.24, 2.45) is 0 Å². The van der Waals surface area contributed by atoms with Crippen LogP contribution in [0.15, 0.2) is 30.3 Å². The third kappa shape index (κ3) is 3.24. The summed E-state index contributed by atoms with van der Waals surface area (Å²) in [6.07, 6.45) is 0. The van der Waals surface area contributed by atoms with Crippen LogP contribution in [0.1, 0.15) is 0 Å². The molecular formula is C9H11BrO2. The number of halogens is 1. The molecule has 0 saturated heterocycles. The number of para-hydroxylation sites is 1. The van der Waals surface area contributed by atoms with Crippen molar-refractivity contribution in [1.82, 2.24) is 0 Å². The first-order valence-electron chi connectivity index (χ1n) is 3.75. The minimum absolute atomic E-state index is 0.0118. The second-order valence-electron chi connectivity index (χ2n) is 2.40. The maximum Gasteiger partial charge on any atom is 0.119 e. The standard InChI is InChI=1S/C9H11BrO2/c10-8(6-11)7-12-9-4-2-1-3-5-9/h1-5,8,11H,6-7H2. The molecule has 0 fully saturated rings. The molecule has 1 rings (SSSR count). The minimum atomic E-state index is 0.0118. The third-order valence-corrected chi connectivity index (χ3v) is 1.93. The third-order valence-electron chi connectivity index (χ3n) is 1.37. The molecule has 66 valence electrons. The molecule has 0 aliphatic carbocycles. The number of hydrogen-bond acceptors (Lipinski definition) is 2. The molecule has 0 radical (unpaired) electrons. The molecule has 1 N–H and O–H groups in total. The van der Waals surface area contributed by atoms with Crippen molar-refractivity contribution in [3.8, 4) is 5.75 Å². The zero-order valence-electron chi connectivity index (χ0n) is 6.61. The summed E-state index contributed by atoms with van der Waals surface area (Å²) in [6.45, 7) is 0.577. The molecule has 0 aromatic heterocycles. The van der Waals surface area contributed by atoms with Gasteiger partial charge in [-0.15, -0.1) is 0 Å². The quantitative estimate of drug-likeness (QED) is 0.801. The van der Waals surface area contributed by atoms with E-state index in [4.69, 9.17) is 9.84 Å². The van der Waals surface area contributed by atoms with Crippen LogP contribution in [-0.4, -0.2) is 23.1 Å². The molecule has 1 unspecified atom stereocenters. The van der Waals surface area contributed by atoms with E-state index in [0.717, 1.165) is 5.75 Å². The maximum atomic E-state index is 8.69. The van der Waals surface area contributed by atoms with Gasteiger partial charge in [0.05, 0.1) is 11.4 Å². The first-order chi connectivity index (χ1) is 5.83. The minimum Gasteiger partial charge on any atom is -0.492 e. The Morgan fingerprint density at radius 3 is 2.58 bits per heavy atom. The normalized spacial score (nSPS) is 12.5. The highest BCUT2D eigenvalue weighted by molar-refractivity contribution is 9.09. The van der Waals surface area contributed by atoms with Crippen molar-refractivity contribution in [1.29, 1.82) is 0 Å². The molecule has 0 saturated carbocycles. The predicted molar refractivity (Wildman–Crippen MR) is 51.7 cm³/mol. The zero-order valence-corrected chi connectivity index (χ0v) is 8.20. The Morgan fingerprint density at radius 2 is 2.00 bits per heavy atom. The Labute approximate surface area is 80.3 Å². The van der Waals surface area contributed by atoms with Gasteiger partial charge in [0.25, 0.3) is 0 Å². The summed E-state index contributed by atoms with van der Waals surface area (Å²) in [5, 5.41) is 8.69. The molecule has 0 amide bonds. The summed E-state index contributed by atoms with van der Waals surface area (Å²) in [7, 11) is 0. The largest absolute Gasteiger partial charge is 0.492 e. The van der Waals surface area contributed by atoms with Crippen molar-refractivity contribution in [3.63, 3.8) is 0 Å². The number of rotatable bonds is 4. The maximum absolute atomic E-state index is 8.69. The van der Waals surface area contributed by atoms with Gasteiger partial charge in [-0.05, 0) is 12.1 Å². The molecule has 0 aliphatic heterocycles. The highest BCUT2D eigenvalue weighted by Gasteiger charge is 2.01. The van der Waals surface area contributed by atoms with E-state index in [1.807, 2.05) is 30.3 Å². The molecule has 2 nitrogen and oxygen atoms in total. The molecular weight excluding hydrogens is 220 g/mol. The average molecular weight is 231 g/mol. The number of aliphatic hydroxyl groups is 1. The van der Waals surface area contributed by atoms with E-state index >= 15 is 0 Å². The van der Waals surface area contributed by atoms with E-state index in [9.17, 15) is 0 Å². The molecule has 1 aromatic carbocycles. The molecule has 0 spiro atoms. The number of benzene rings is 1. The lowest BCUT2D eigenvalue weighted by molar-refractivity contribution is 0.243. The Kier molecular flexibility index (Phi) is 4.11. The molecule has 0 aliphatic rings. The van der Waals surface area contributed by atoms with Crippen molar-refractivity contribution in [3.05, 3.63) is 30.3 Å². The van der Waals surface area contributed by atoms with Crippen LogP contribution in [-0.2, 0) is 0 Å². The summed E-state index contributed by atoms with van der Waals surface area (Å²) in [6, 6.07) is 9.54. The van der Waals surface area contributed by atoms with Crippen LogP contribution < -0.4 is 4.74 Å². The van der Waals surface area contributed by atoms with E-state index in [0.29, 0.717) is 6.61 Å². The lowest BCUT2D eigenvalue weighted by Crippen LogP contribution is -2.14. The summed E-state index contributed by atoms with van der Waals surface area (Å²) in [4.78, 5) is 0.0118. The van der Waals surface area contributed by atoms with E-state index in [1.54, 1.807) is 0 Å². The van der Waals surface area contributed by atoms with Crippen molar-refractivity contribution >= 4 is 15.9 Å². The van der Waals surface area contributed by atoms with Crippen LogP contribution >= 0.6 is 15.9 Å². The Balaban J connectivity index is 2.33.